The van der Waals surface area contributed by atoms with Gasteiger partial charge in [-0.25, -0.2) is 4.79 Å². The summed E-state index contributed by atoms with van der Waals surface area (Å²) in [4.78, 5) is 27.2. The van der Waals surface area contributed by atoms with E-state index in [0.29, 0.717) is 34.1 Å². The Hall–Kier alpha value is -1.27. The molecule has 2 amide bonds. The summed E-state index contributed by atoms with van der Waals surface area (Å²) in [6.45, 7) is 7.01. The summed E-state index contributed by atoms with van der Waals surface area (Å²) < 4.78 is 6.09. The Morgan fingerprint density at radius 1 is 1.19 bits per heavy atom. The number of thiophene rings is 1. The third kappa shape index (κ3) is 5.13. The Balaban J connectivity index is 1.55. The smallest absolute Gasteiger partial charge is 0.410 e. The van der Waals surface area contributed by atoms with Crippen molar-refractivity contribution in [1.82, 2.24) is 10.2 Å². The highest BCUT2D eigenvalue weighted by Gasteiger charge is 2.40. The first kappa shape index (κ1) is 19.5. The molecule has 1 saturated heterocycles. The summed E-state index contributed by atoms with van der Waals surface area (Å²) >= 11 is 7.26. The van der Waals surface area contributed by atoms with Gasteiger partial charge in [-0.05, 0) is 70.4 Å². The van der Waals surface area contributed by atoms with Gasteiger partial charge in [0.15, 0.2) is 0 Å². The molecule has 1 aliphatic heterocycles. The van der Waals surface area contributed by atoms with Crippen LogP contribution in [0.2, 0.25) is 4.34 Å². The molecule has 26 heavy (non-hydrogen) atoms. The molecular weight excluding hydrogens is 372 g/mol. The molecule has 0 unspecified atom stereocenters. The Bertz CT molecular complexity index is 658. The number of likely N-dealkylation sites (tertiary alicyclic amines) is 1. The molecular formula is C19H27ClN2O3S. The second kappa shape index (κ2) is 7.77. The molecule has 0 spiro atoms. The van der Waals surface area contributed by atoms with Crippen LogP contribution in [0.3, 0.4) is 0 Å². The zero-order valence-corrected chi connectivity index (χ0v) is 17.2. The molecule has 2 fully saturated rings. The van der Waals surface area contributed by atoms with Crippen molar-refractivity contribution in [2.45, 2.75) is 58.1 Å². The van der Waals surface area contributed by atoms with E-state index in [-0.39, 0.29) is 18.0 Å². The van der Waals surface area contributed by atoms with E-state index in [4.69, 9.17) is 16.3 Å². The van der Waals surface area contributed by atoms with Gasteiger partial charge in [-0.3, -0.25) is 4.79 Å². The van der Waals surface area contributed by atoms with Gasteiger partial charge in [-0.1, -0.05) is 11.6 Å². The van der Waals surface area contributed by atoms with Crippen molar-refractivity contribution in [3.8, 4) is 0 Å². The molecule has 2 aliphatic rings. The highest BCUT2D eigenvalue weighted by atomic mass is 35.5. The standard InChI is InChI=1S/C19H27ClN2O3S/c1-19(2,3)25-18(24)22-10-8-13(9-11-22)16(12-4-5-12)21-17(23)14-6-7-15(20)26-14/h6-7,12-13,16H,4-5,8-11H2,1-3H3,(H,21,23)/t16-/m1/s1. The van der Waals surface area contributed by atoms with Crippen LogP contribution >= 0.6 is 22.9 Å². The summed E-state index contributed by atoms with van der Waals surface area (Å²) in [5.41, 5.74) is -0.472. The Kier molecular flexibility index (Phi) is 5.82. The zero-order chi connectivity index (χ0) is 18.9. The van der Waals surface area contributed by atoms with Gasteiger partial charge in [0.2, 0.25) is 0 Å². The largest absolute Gasteiger partial charge is 0.444 e. The van der Waals surface area contributed by atoms with Crippen molar-refractivity contribution in [2.75, 3.05) is 13.1 Å². The van der Waals surface area contributed by atoms with Gasteiger partial charge in [-0.2, -0.15) is 0 Å². The maximum absolute atomic E-state index is 12.5. The molecule has 1 atom stereocenters. The summed E-state index contributed by atoms with van der Waals surface area (Å²) in [7, 11) is 0. The van der Waals surface area contributed by atoms with Crippen molar-refractivity contribution in [3.63, 3.8) is 0 Å². The molecule has 3 rings (SSSR count). The fraction of sp³-hybridized carbons (Fsp3) is 0.684. The number of ether oxygens (including phenoxy) is 1. The van der Waals surface area contributed by atoms with E-state index in [1.54, 1.807) is 17.0 Å². The molecule has 1 saturated carbocycles. The van der Waals surface area contributed by atoms with E-state index < -0.39 is 5.60 Å². The van der Waals surface area contributed by atoms with Crippen molar-refractivity contribution in [1.29, 1.82) is 0 Å². The highest BCUT2D eigenvalue weighted by Crippen LogP contribution is 2.39. The summed E-state index contributed by atoms with van der Waals surface area (Å²) in [5, 5.41) is 3.24. The first-order valence-corrected chi connectivity index (χ1v) is 10.5. The normalized spacial score (nSPS) is 19.9. The average Bonchev–Trinajstić information content (AvgIpc) is 3.31. The van der Waals surface area contributed by atoms with Crippen LogP contribution in [0.5, 0.6) is 0 Å². The van der Waals surface area contributed by atoms with Crippen LogP contribution in [0.25, 0.3) is 0 Å². The number of halogens is 1. The van der Waals surface area contributed by atoms with Crippen LogP contribution in [-0.4, -0.2) is 41.6 Å². The molecule has 1 N–H and O–H groups in total. The van der Waals surface area contributed by atoms with Crippen LogP contribution in [0.1, 0.15) is 56.1 Å². The van der Waals surface area contributed by atoms with Crippen molar-refractivity contribution in [3.05, 3.63) is 21.3 Å². The summed E-state index contributed by atoms with van der Waals surface area (Å²) in [6, 6.07) is 3.72. The molecule has 0 bridgehead atoms. The number of carbonyl (C=O) groups excluding carboxylic acids is 2. The van der Waals surface area contributed by atoms with Crippen LogP contribution < -0.4 is 5.32 Å². The lowest BCUT2D eigenvalue weighted by atomic mass is 9.86. The fourth-order valence-electron chi connectivity index (χ4n) is 3.50. The molecule has 1 aromatic heterocycles. The van der Waals surface area contributed by atoms with Crippen LogP contribution in [-0.2, 0) is 4.74 Å². The van der Waals surface area contributed by atoms with E-state index in [9.17, 15) is 9.59 Å². The second-order valence-electron chi connectivity index (χ2n) is 8.25. The Morgan fingerprint density at radius 2 is 1.81 bits per heavy atom. The zero-order valence-electron chi connectivity index (χ0n) is 15.6. The monoisotopic (exact) mass is 398 g/mol. The van der Waals surface area contributed by atoms with Gasteiger partial charge in [0.25, 0.3) is 5.91 Å². The minimum Gasteiger partial charge on any atom is -0.444 e. The SMILES string of the molecule is CC(C)(C)OC(=O)N1CCC([C@H](NC(=O)c2ccc(Cl)s2)C2CC2)CC1. The number of rotatable bonds is 4. The quantitative estimate of drug-likeness (QED) is 0.808. The minimum absolute atomic E-state index is 0.0339. The lowest BCUT2D eigenvalue weighted by molar-refractivity contribution is 0.0164. The molecule has 1 aromatic rings. The van der Waals surface area contributed by atoms with E-state index in [2.05, 4.69) is 5.32 Å². The number of amides is 2. The molecule has 144 valence electrons. The third-order valence-corrected chi connectivity index (χ3v) is 6.15. The molecule has 1 aliphatic carbocycles. The fourth-order valence-corrected chi connectivity index (χ4v) is 4.45. The van der Waals surface area contributed by atoms with Gasteiger partial charge in [-0.15, -0.1) is 11.3 Å². The first-order valence-electron chi connectivity index (χ1n) is 9.27. The molecule has 2 heterocycles. The number of carbonyl (C=O) groups is 2. The van der Waals surface area contributed by atoms with Crippen molar-refractivity contribution in [2.24, 2.45) is 11.8 Å². The maximum atomic E-state index is 12.5. The van der Waals surface area contributed by atoms with Gasteiger partial charge in [0, 0.05) is 19.1 Å². The topological polar surface area (TPSA) is 58.6 Å². The van der Waals surface area contributed by atoms with Gasteiger partial charge >= 0.3 is 6.09 Å². The van der Waals surface area contributed by atoms with Crippen LogP contribution in [0.15, 0.2) is 12.1 Å². The predicted octanol–water partition coefficient (Wildman–Crippen LogP) is 4.56. The van der Waals surface area contributed by atoms with Gasteiger partial charge < -0.3 is 15.0 Å². The Morgan fingerprint density at radius 3 is 2.31 bits per heavy atom. The number of hydrogen-bond acceptors (Lipinski definition) is 4. The minimum atomic E-state index is -0.472. The van der Waals surface area contributed by atoms with Gasteiger partial charge in [0.1, 0.15) is 5.60 Å². The van der Waals surface area contributed by atoms with Crippen LogP contribution in [0, 0.1) is 11.8 Å². The number of nitrogens with zero attached hydrogens (tertiary/aromatic N) is 1. The molecule has 7 heteroatoms. The maximum Gasteiger partial charge on any atom is 0.410 e. The summed E-state index contributed by atoms with van der Waals surface area (Å²) in [5.74, 6) is 0.932. The number of piperidine rings is 1. The molecule has 0 aromatic carbocycles. The van der Waals surface area contributed by atoms with Gasteiger partial charge in [0.05, 0.1) is 9.21 Å². The van der Waals surface area contributed by atoms with Crippen molar-refractivity contribution >= 4 is 34.9 Å². The average molecular weight is 399 g/mol. The Labute approximate surface area is 164 Å². The predicted molar refractivity (Wildman–Crippen MR) is 104 cm³/mol. The van der Waals surface area contributed by atoms with E-state index in [1.807, 2.05) is 20.8 Å². The van der Waals surface area contributed by atoms with E-state index >= 15 is 0 Å². The third-order valence-electron chi connectivity index (χ3n) is 4.92. The lowest BCUT2D eigenvalue weighted by Gasteiger charge is -2.37. The molecule has 0 radical (unpaired) electrons. The summed E-state index contributed by atoms with van der Waals surface area (Å²) in [6.07, 6.45) is 3.89. The first-order chi connectivity index (χ1) is 12.2. The number of hydrogen-bond donors (Lipinski definition) is 1. The molecule has 5 nitrogen and oxygen atoms in total. The van der Waals surface area contributed by atoms with E-state index in [1.165, 1.54) is 24.2 Å². The second-order valence-corrected chi connectivity index (χ2v) is 9.96. The highest BCUT2D eigenvalue weighted by molar-refractivity contribution is 7.18. The number of nitrogens with one attached hydrogen (secondary N) is 1. The van der Waals surface area contributed by atoms with Crippen LogP contribution in [0.4, 0.5) is 4.79 Å². The lowest BCUT2D eigenvalue weighted by Crippen LogP contribution is -2.48. The van der Waals surface area contributed by atoms with E-state index in [0.717, 1.165) is 12.8 Å². The van der Waals surface area contributed by atoms with Crippen molar-refractivity contribution < 1.29 is 14.3 Å².